The molecule has 2 aliphatic rings. The highest BCUT2D eigenvalue weighted by Crippen LogP contribution is 2.38. The number of nitrogens with zero attached hydrogens (tertiary/aromatic N) is 1. The molecule has 4 rings (SSSR count). The molecule has 10 nitrogen and oxygen atoms in total. The average molecular weight is 558 g/mol. The summed E-state index contributed by atoms with van der Waals surface area (Å²) in [7, 11) is 0. The van der Waals surface area contributed by atoms with Crippen LogP contribution < -0.4 is 21.7 Å². The molecule has 0 spiro atoms. The molecule has 0 unspecified atom stereocenters. The van der Waals surface area contributed by atoms with Gasteiger partial charge >= 0.3 is 0 Å². The van der Waals surface area contributed by atoms with E-state index in [9.17, 15) is 28.0 Å². The van der Waals surface area contributed by atoms with E-state index in [1.54, 1.807) is 25.1 Å². The molecule has 4 amide bonds. The Kier molecular flexibility index (Phi) is 9.43. The zero-order chi connectivity index (χ0) is 28.8. The van der Waals surface area contributed by atoms with E-state index in [4.69, 9.17) is 10.5 Å². The molecule has 1 fully saturated rings. The maximum Gasteiger partial charge on any atom is 0.252 e. The Bertz CT molecular complexity index is 1260. The number of halogens is 2. The second-order valence-corrected chi connectivity index (χ2v) is 9.80. The molecule has 214 valence electrons. The van der Waals surface area contributed by atoms with Gasteiger partial charge in [-0.2, -0.15) is 0 Å². The van der Waals surface area contributed by atoms with Crippen LogP contribution >= 0.6 is 0 Å². The van der Waals surface area contributed by atoms with Crippen molar-refractivity contribution in [2.45, 2.75) is 51.2 Å². The van der Waals surface area contributed by atoms with Crippen molar-refractivity contribution in [1.82, 2.24) is 10.2 Å². The minimum Gasteiger partial charge on any atom is -0.381 e. The molecule has 0 saturated carbocycles. The minimum absolute atomic E-state index is 0.0186. The lowest BCUT2D eigenvalue weighted by Crippen LogP contribution is -2.53. The molecule has 0 radical (unpaired) electrons. The highest BCUT2D eigenvalue weighted by atomic mass is 19.1. The summed E-state index contributed by atoms with van der Waals surface area (Å²) in [6, 6.07) is 5.87. The van der Waals surface area contributed by atoms with Crippen LogP contribution in [0.4, 0.5) is 20.2 Å². The van der Waals surface area contributed by atoms with E-state index in [0.29, 0.717) is 42.9 Å². The van der Waals surface area contributed by atoms with Gasteiger partial charge in [0.1, 0.15) is 29.4 Å². The quantitative estimate of drug-likeness (QED) is 0.373. The number of rotatable bonds is 9. The van der Waals surface area contributed by atoms with Gasteiger partial charge in [-0.1, -0.05) is 19.1 Å². The fraction of sp³-hybridized carbons (Fsp3) is 0.429. The molecule has 2 atom stereocenters. The van der Waals surface area contributed by atoms with Gasteiger partial charge in [-0.05, 0) is 54.2 Å². The summed E-state index contributed by atoms with van der Waals surface area (Å²) >= 11 is 0. The topological polar surface area (TPSA) is 143 Å². The van der Waals surface area contributed by atoms with E-state index in [1.807, 2.05) is 0 Å². The summed E-state index contributed by atoms with van der Waals surface area (Å²) in [5.74, 6) is -4.14. The molecule has 1 saturated heterocycles. The van der Waals surface area contributed by atoms with E-state index in [-0.39, 0.29) is 43.7 Å². The van der Waals surface area contributed by atoms with Gasteiger partial charge in [-0.3, -0.25) is 19.2 Å². The molecule has 0 bridgehead atoms. The SMILES string of the molecule is CCC(=O)N[C@H](C(=O)N1Cc2ccc(NC(=O)CCN)cc2[C@H]1C(=O)Nc1c(F)cccc1F)C1CCOCC1. The first-order valence-electron chi connectivity index (χ1n) is 13.3. The van der Waals surface area contributed by atoms with Crippen LogP contribution in [-0.2, 0) is 30.5 Å². The molecule has 0 aliphatic carbocycles. The fourth-order valence-electron chi connectivity index (χ4n) is 5.05. The molecule has 0 aromatic heterocycles. The van der Waals surface area contributed by atoms with Crippen molar-refractivity contribution in [1.29, 1.82) is 0 Å². The van der Waals surface area contributed by atoms with Crippen molar-refractivity contribution in [2.75, 3.05) is 30.4 Å². The third-order valence-corrected chi connectivity index (χ3v) is 7.13. The second-order valence-electron chi connectivity index (χ2n) is 9.80. The normalized spacial score (nSPS) is 17.6. The van der Waals surface area contributed by atoms with E-state index < -0.39 is 41.2 Å². The van der Waals surface area contributed by atoms with Crippen molar-refractivity contribution < 1.29 is 32.7 Å². The monoisotopic (exact) mass is 557 g/mol. The predicted molar refractivity (Wildman–Crippen MR) is 143 cm³/mol. The highest BCUT2D eigenvalue weighted by molar-refractivity contribution is 6.01. The Balaban J connectivity index is 1.71. The number of benzene rings is 2. The number of ether oxygens (including phenoxy) is 1. The zero-order valence-electron chi connectivity index (χ0n) is 22.2. The van der Waals surface area contributed by atoms with Crippen molar-refractivity contribution in [3.05, 3.63) is 59.2 Å². The Morgan fingerprint density at radius 2 is 1.75 bits per heavy atom. The summed E-state index contributed by atoms with van der Waals surface area (Å²) < 4.78 is 34.3. The maximum absolute atomic E-state index is 14.4. The summed E-state index contributed by atoms with van der Waals surface area (Å²) in [5, 5.41) is 7.82. The van der Waals surface area contributed by atoms with Gasteiger partial charge < -0.3 is 31.3 Å². The van der Waals surface area contributed by atoms with E-state index in [1.165, 1.54) is 11.0 Å². The first kappa shape index (κ1) is 29.1. The summed E-state index contributed by atoms with van der Waals surface area (Å²) in [4.78, 5) is 53.6. The first-order chi connectivity index (χ1) is 19.2. The Morgan fingerprint density at radius 3 is 2.40 bits per heavy atom. The lowest BCUT2D eigenvalue weighted by atomic mass is 9.90. The molecular formula is C28H33F2N5O5. The molecule has 5 N–H and O–H groups in total. The third-order valence-electron chi connectivity index (χ3n) is 7.13. The number of hydrogen-bond donors (Lipinski definition) is 4. The van der Waals surface area contributed by atoms with Gasteiger partial charge in [0.2, 0.25) is 17.7 Å². The second kappa shape index (κ2) is 13.0. The molecule has 2 heterocycles. The van der Waals surface area contributed by atoms with Gasteiger partial charge in [0.05, 0.1) is 0 Å². The third kappa shape index (κ3) is 6.45. The average Bonchev–Trinajstić information content (AvgIpc) is 3.32. The van der Waals surface area contributed by atoms with Gasteiger partial charge in [-0.15, -0.1) is 0 Å². The number of fused-ring (bicyclic) bond motifs is 1. The standard InChI is InChI=1S/C28H33F2N5O5/c1-2-22(36)33-24(16-9-12-40-13-10-16)28(39)35-15-17-6-7-18(32-23(37)8-11-31)14-19(17)26(35)27(38)34-25-20(29)4-3-5-21(25)30/h3-7,14,16,24,26H,2,8-13,15,31H2,1H3,(H,32,37)(H,33,36)(H,34,38)/t24-,26-/m0/s1. The van der Waals surface area contributed by atoms with Crippen molar-refractivity contribution in [3.63, 3.8) is 0 Å². The Morgan fingerprint density at radius 1 is 1.05 bits per heavy atom. The van der Waals surface area contributed by atoms with Crippen LogP contribution in [0.1, 0.15) is 49.8 Å². The summed E-state index contributed by atoms with van der Waals surface area (Å²) in [5.41, 5.74) is 6.21. The molecule has 12 heteroatoms. The van der Waals surface area contributed by atoms with Crippen molar-refractivity contribution >= 4 is 35.0 Å². The first-order valence-corrected chi connectivity index (χ1v) is 13.3. The molecule has 40 heavy (non-hydrogen) atoms. The lowest BCUT2D eigenvalue weighted by molar-refractivity contribution is -0.144. The van der Waals surface area contributed by atoms with Gasteiger partial charge in [0, 0.05) is 44.8 Å². The highest BCUT2D eigenvalue weighted by Gasteiger charge is 2.43. The number of nitrogens with two attached hydrogens (primary N) is 1. The van der Waals surface area contributed by atoms with Crippen molar-refractivity contribution in [3.8, 4) is 0 Å². The fourth-order valence-corrected chi connectivity index (χ4v) is 5.05. The van der Waals surface area contributed by atoms with Crippen LogP contribution in [0, 0.1) is 17.6 Å². The predicted octanol–water partition coefficient (Wildman–Crippen LogP) is 2.60. The maximum atomic E-state index is 14.4. The van der Waals surface area contributed by atoms with Gasteiger partial charge in [0.15, 0.2) is 0 Å². The molecule has 2 aromatic carbocycles. The van der Waals surface area contributed by atoms with Crippen molar-refractivity contribution in [2.24, 2.45) is 11.7 Å². The number of hydrogen-bond acceptors (Lipinski definition) is 6. The number of carbonyl (C=O) groups excluding carboxylic acids is 4. The summed E-state index contributed by atoms with van der Waals surface area (Å²) in [6.45, 7) is 2.70. The Labute approximate surface area is 230 Å². The molecule has 2 aliphatic heterocycles. The van der Waals surface area contributed by atoms with Gasteiger partial charge in [0.25, 0.3) is 5.91 Å². The van der Waals surface area contributed by atoms with E-state index in [2.05, 4.69) is 16.0 Å². The van der Waals surface area contributed by atoms with E-state index in [0.717, 1.165) is 12.1 Å². The lowest BCUT2D eigenvalue weighted by Gasteiger charge is -2.34. The number of anilines is 2. The Hall–Kier alpha value is -3.90. The van der Waals surface area contributed by atoms with Crippen LogP contribution in [0.5, 0.6) is 0 Å². The number of para-hydroxylation sites is 1. The van der Waals surface area contributed by atoms with E-state index >= 15 is 0 Å². The van der Waals surface area contributed by atoms with Crippen LogP contribution in [0.15, 0.2) is 36.4 Å². The van der Waals surface area contributed by atoms with Crippen LogP contribution in [0.3, 0.4) is 0 Å². The zero-order valence-corrected chi connectivity index (χ0v) is 22.2. The van der Waals surface area contributed by atoms with Gasteiger partial charge in [-0.25, -0.2) is 8.78 Å². The smallest absolute Gasteiger partial charge is 0.252 e. The summed E-state index contributed by atoms with van der Waals surface area (Å²) in [6.07, 6.45) is 1.32. The molecular weight excluding hydrogens is 524 g/mol. The van der Waals surface area contributed by atoms with Crippen LogP contribution in [0.2, 0.25) is 0 Å². The number of amides is 4. The minimum atomic E-state index is -1.28. The largest absolute Gasteiger partial charge is 0.381 e. The van der Waals surface area contributed by atoms with Crippen LogP contribution in [-0.4, -0.2) is 54.3 Å². The van der Waals surface area contributed by atoms with Crippen LogP contribution in [0.25, 0.3) is 0 Å². The number of nitrogens with one attached hydrogen (secondary N) is 3. The molecule has 2 aromatic rings. The number of carbonyl (C=O) groups is 4.